The molecule has 2 aliphatic heterocycles. The van der Waals surface area contributed by atoms with E-state index in [9.17, 15) is 18.0 Å². The van der Waals surface area contributed by atoms with E-state index in [4.69, 9.17) is 4.74 Å². The van der Waals surface area contributed by atoms with Gasteiger partial charge in [0.1, 0.15) is 12.6 Å². The maximum absolute atomic E-state index is 13.1. The standard InChI is InChI=1S/C29H27N5O5S2/c1-18-8-9-20(16-25(18)41(2,37)38)28(36)34-12-10-23(34)27(35)32-29-31-22(17-40-29)19-5-3-6-21(15-19)33-13-14-39-24-7-4-11-30-26(24)33/h3-9,11,15-17,23H,10,12-14H2,1-2H3,(H,31,32,35)/t23-/m0/s1. The summed E-state index contributed by atoms with van der Waals surface area (Å²) in [7, 11) is -3.49. The first kappa shape index (κ1) is 26.9. The van der Waals surface area contributed by atoms with Crippen molar-refractivity contribution in [3.05, 3.63) is 77.3 Å². The first-order valence-corrected chi connectivity index (χ1v) is 15.8. The Morgan fingerprint density at radius 1 is 1.10 bits per heavy atom. The zero-order valence-corrected chi connectivity index (χ0v) is 24.0. The molecule has 2 amide bonds. The molecule has 210 valence electrons. The number of fused-ring (bicyclic) bond motifs is 1. The highest BCUT2D eigenvalue weighted by atomic mass is 32.2. The quantitative estimate of drug-likeness (QED) is 0.353. The number of carbonyl (C=O) groups is 2. The molecule has 2 aromatic carbocycles. The Hall–Kier alpha value is -4.29. The highest BCUT2D eigenvalue weighted by Gasteiger charge is 2.38. The summed E-state index contributed by atoms with van der Waals surface area (Å²) in [6.45, 7) is 3.32. The molecule has 1 atom stereocenters. The molecular formula is C29H27N5O5S2. The highest BCUT2D eigenvalue weighted by molar-refractivity contribution is 7.90. The van der Waals surface area contributed by atoms with Crippen molar-refractivity contribution in [2.45, 2.75) is 24.3 Å². The molecule has 4 heterocycles. The van der Waals surface area contributed by atoms with Gasteiger partial charge in [0.05, 0.1) is 17.1 Å². The Balaban J connectivity index is 1.15. The number of amides is 2. The lowest BCUT2D eigenvalue weighted by molar-refractivity contribution is -0.123. The van der Waals surface area contributed by atoms with E-state index in [2.05, 4.69) is 20.2 Å². The maximum atomic E-state index is 13.1. The van der Waals surface area contributed by atoms with Crippen molar-refractivity contribution in [1.29, 1.82) is 0 Å². The largest absolute Gasteiger partial charge is 0.488 e. The third kappa shape index (κ3) is 5.27. The molecule has 1 N–H and O–H groups in total. The Bertz CT molecular complexity index is 1770. The number of aryl methyl sites for hydroxylation is 1. The fourth-order valence-corrected chi connectivity index (χ4v) is 6.71. The molecule has 1 saturated heterocycles. The zero-order valence-electron chi connectivity index (χ0n) is 22.4. The minimum Gasteiger partial charge on any atom is -0.488 e. The molecule has 0 saturated carbocycles. The number of nitrogens with zero attached hydrogens (tertiary/aromatic N) is 4. The number of hydrogen-bond donors (Lipinski definition) is 1. The number of benzene rings is 2. The summed E-state index contributed by atoms with van der Waals surface area (Å²) >= 11 is 1.31. The predicted molar refractivity (Wildman–Crippen MR) is 157 cm³/mol. The SMILES string of the molecule is Cc1ccc(C(=O)N2CC[C@H]2C(=O)Nc2nc(-c3cccc(N4CCOc5cccnc54)c3)cs2)cc1S(C)(=O)=O. The van der Waals surface area contributed by atoms with Crippen LogP contribution in [0.4, 0.5) is 16.6 Å². The summed E-state index contributed by atoms with van der Waals surface area (Å²) in [5, 5.41) is 5.16. The van der Waals surface area contributed by atoms with E-state index in [0.29, 0.717) is 36.8 Å². The highest BCUT2D eigenvalue weighted by Crippen LogP contribution is 2.36. The van der Waals surface area contributed by atoms with Gasteiger partial charge in [0.15, 0.2) is 26.5 Å². The zero-order chi connectivity index (χ0) is 28.7. The van der Waals surface area contributed by atoms with Crippen LogP contribution >= 0.6 is 11.3 Å². The van der Waals surface area contributed by atoms with Crippen molar-refractivity contribution >= 4 is 49.6 Å². The van der Waals surface area contributed by atoms with Crippen LogP contribution in [0.2, 0.25) is 0 Å². The number of hydrogen-bond acceptors (Lipinski definition) is 9. The van der Waals surface area contributed by atoms with Crippen LogP contribution in [0.15, 0.2) is 71.1 Å². The average molecular weight is 590 g/mol. The molecule has 0 unspecified atom stereocenters. The van der Waals surface area contributed by atoms with Gasteiger partial charge >= 0.3 is 0 Å². The molecule has 0 radical (unpaired) electrons. The number of likely N-dealkylation sites (tertiary alicyclic amines) is 1. The lowest BCUT2D eigenvalue weighted by Gasteiger charge is -2.39. The molecule has 41 heavy (non-hydrogen) atoms. The normalized spacial score (nSPS) is 16.4. The van der Waals surface area contributed by atoms with Crippen LogP contribution in [0, 0.1) is 6.92 Å². The molecule has 12 heteroatoms. The minimum atomic E-state index is -3.49. The van der Waals surface area contributed by atoms with E-state index in [1.807, 2.05) is 41.8 Å². The third-order valence-corrected chi connectivity index (χ3v) is 9.18. The van der Waals surface area contributed by atoms with Crippen molar-refractivity contribution in [2.24, 2.45) is 0 Å². The second kappa shape index (κ2) is 10.6. The lowest BCUT2D eigenvalue weighted by atomic mass is 10.00. The number of carbonyl (C=O) groups excluding carboxylic acids is 2. The van der Waals surface area contributed by atoms with E-state index in [1.54, 1.807) is 25.3 Å². The molecule has 0 bridgehead atoms. The van der Waals surface area contributed by atoms with Crippen LogP contribution in [-0.2, 0) is 14.6 Å². The Kier molecular flexibility index (Phi) is 6.96. The number of ether oxygens (including phenoxy) is 1. The first-order valence-electron chi connectivity index (χ1n) is 13.0. The van der Waals surface area contributed by atoms with Gasteiger partial charge in [-0.15, -0.1) is 11.3 Å². The fraction of sp³-hybridized carbons (Fsp3) is 0.241. The monoisotopic (exact) mass is 589 g/mol. The predicted octanol–water partition coefficient (Wildman–Crippen LogP) is 4.30. The van der Waals surface area contributed by atoms with E-state index in [0.717, 1.165) is 34.8 Å². The molecule has 4 aromatic rings. The molecule has 2 aromatic heterocycles. The molecule has 2 aliphatic rings. The van der Waals surface area contributed by atoms with Gasteiger partial charge in [0.25, 0.3) is 5.91 Å². The lowest BCUT2D eigenvalue weighted by Crippen LogP contribution is -2.56. The second-order valence-corrected chi connectivity index (χ2v) is 12.8. The van der Waals surface area contributed by atoms with Crippen molar-refractivity contribution in [1.82, 2.24) is 14.9 Å². The number of aromatic nitrogens is 2. The van der Waals surface area contributed by atoms with Crippen molar-refractivity contribution in [3.8, 4) is 17.0 Å². The van der Waals surface area contributed by atoms with Gasteiger partial charge < -0.3 is 19.9 Å². The summed E-state index contributed by atoms with van der Waals surface area (Å²) in [6.07, 6.45) is 3.36. The van der Waals surface area contributed by atoms with Crippen LogP contribution in [0.1, 0.15) is 22.3 Å². The molecule has 10 nitrogen and oxygen atoms in total. The topological polar surface area (TPSA) is 122 Å². The molecule has 6 rings (SSSR count). The second-order valence-electron chi connectivity index (χ2n) is 9.96. The Morgan fingerprint density at radius 2 is 1.95 bits per heavy atom. The van der Waals surface area contributed by atoms with Gasteiger partial charge in [-0.25, -0.2) is 18.4 Å². The summed E-state index contributed by atoms with van der Waals surface area (Å²) < 4.78 is 29.9. The van der Waals surface area contributed by atoms with Crippen molar-refractivity contribution in [3.63, 3.8) is 0 Å². The van der Waals surface area contributed by atoms with Gasteiger partial charge in [0, 0.05) is 41.2 Å². The van der Waals surface area contributed by atoms with Crippen LogP contribution in [0.3, 0.4) is 0 Å². The maximum Gasteiger partial charge on any atom is 0.254 e. The van der Waals surface area contributed by atoms with Crippen LogP contribution in [-0.4, -0.2) is 67.1 Å². The van der Waals surface area contributed by atoms with Crippen molar-refractivity contribution < 1.29 is 22.7 Å². The van der Waals surface area contributed by atoms with Gasteiger partial charge in [-0.3, -0.25) is 9.59 Å². The number of nitrogens with one attached hydrogen (secondary N) is 1. The van der Waals surface area contributed by atoms with Crippen LogP contribution in [0.5, 0.6) is 5.75 Å². The molecule has 0 aliphatic carbocycles. The summed E-state index contributed by atoms with van der Waals surface area (Å²) in [5.41, 5.74) is 3.38. The third-order valence-electron chi connectivity index (χ3n) is 7.18. The van der Waals surface area contributed by atoms with E-state index in [1.165, 1.54) is 22.3 Å². The number of thiazole rings is 1. The molecule has 1 fully saturated rings. The number of pyridine rings is 1. The average Bonchev–Trinajstić information content (AvgIpc) is 3.40. The Labute approximate surface area is 241 Å². The number of sulfone groups is 1. The number of anilines is 3. The number of rotatable bonds is 6. The van der Waals surface area contributed by atoms with Gasteiger partial charge in [-0.2, -0.15) is 0 Å². The van der Waals surface area contributed by atoms with E-state index >= 15 is 0 Å². The van der Waals surface area contributed by atoms with Crippen molar-refractivity contribution in [2.75, 3.05) is 36.2 Å². The van der Waals surface area contributed by atoms with E-state index < -0.39 is 15.9 Å². The van der Waals surface area contributed by atoms with E-state index in [-0.39, 0.29) is 22.3 Å². The van der Waals surface area contributed by atoms with Gasteiger partial charge in [0.2, 0.25) is 5.91 Å². The summed E-state index contributed by atoms with van der Waals surface area (Å²) in [4.78, 5) is 39.0. The summed E-state index contributed by atoms with van der Waals surface area (Å²) in [6, 6.07) is 15.6. The first-order chi connectivity index (χ1) is 19.7. The van der Waals surface area contributed by atoms with Gasteiger partial charge in [-0.05, 0) is 55.3 Å². The fourth-order valence-electron chi connectivity index (χ4n) is 4.99. The van der Waals surface area contributed by atoms with Crippen LogP contribution in [0.25, 0.3) is 11.3 Å². The minimum absolute atomic E-state index is 0.110. The van der Waals surface area contributed by atoms with Crippen LogP contribution < -0.4 is 15.0 Å². The molecular weight excluding hydrogens is 562 g/mol. The smallest absolute Gasteiger partial charge is 0.254 e. The summed E-state index contributed by atoms with van der Waals surface area (Å²) in [5.74, 6) is 0.798. The Morgan fingerprint density at radius 3 is 2.73 bits per heavy atom. The molecule has 0 spiro atoms. The van der Waals surface area contributed by atoms with Gasteiger partial charge in [-0.1, -0.05) is 18.2 Å².